The maximum atomic E-state index is 13.0. The molecule has 0 bridgehead atoms. The number of benzene rings is 4. The molecule has 0 aliphatic carbocycles. The van der Waals surface area contributed by atoms with E-state index < -0.39 is 11.7 Å². The number of hydrazone groups is 1. The van der Waals surface area contributed by atoms with E-state index in [0.29, 0.717) is 28.3 Å². The number of carbonyl (C=O) groups is 2. The number of rotatable bonds is 11. The largest absolute Gasteiger partial charge is 0.493 e. The molecular weight excluding hydrogens is 581 g/mol. The molecule has 0 fully saturated rings. The van der Waals surface area contributed by atoms with Crippen LogP contribution in [0.25, 0.3) is 11.3 Å². The molecule has 0 saturated carbocycles. The first kappa shape index (κ1) is 29.9. The molecule has 0 spiro atoms. The number of methoxy groups -OCH3 is 1. The lowest BCUT2D eigenvalue weighted by atomic mass is 10.1. The number of hydrogen-bond donors (Lipinski definition) is 3. The third-order valence-corrected chi connectivity index (χ3v) is 7.06. The van der Waals surface area contributed by atoms with Crippen LogP contribution in [-0.4, -0.2) is 36.7 Å². The SMILES string of the molecule is COc1cc(/C=N/NC(=O)c2ccc(-c3csc(Nc4ccc(C)cc4)n3)cc2)ccc1OCC(=O)Nc1ccc(F)cc1. The number of thiazole rings is 1. The minimum absolute atomic E-state index is 0.274. The molecule has 0 saturated heterocycles. The highest BCUT2D eigenvalue weighted by atomic mass is 32.1. The fourth-order valence-corrected chi connectivity index (χ4v) is 4.74. The Kier molecular flexibility index (Phi) is 9.57. The van der Waals surface area contributed by atoms with Crippen LogP contribution >= 0.6 is 11.3 Å². The van der Waals surface area contributed by atoms with E-state index in [0.717, 1.165) is 22.1 Å². The fourth-order valence-electron chi connectivity index (χ4n) is 4.00. The zero-order valence-corrected chi connectivity index (χ0v) is 24.7. The molecule has 2 amide bonds. The van der Waals surface area contributed by atoms with Gasteiger partial charge in [0.1, 0.15) is 5.82 Å². The van der Waals surface area contributed by atoms with Gasteiger partial charge in [-0.15, -0.1) is 11.3 Å². The summed E-state index contributed by atoms with van der Waals surface area (Å²) in [4.78, 5) is 29.5. The standard InChI is InChI=1S/C33H28FN5O4S/c1-21-3-12-27(13-4-21)37-33-38-28(20-44-33)23-6-8-24(9-7-23)32(41)39-35-18-22-5-16-29(30(17-22)42-2)43-19-31(40)36-26-14-10-25(34)11-15-26/h3-18,20H,19H2,1-2H3,(H,36,40)(H,37,38)(H,39,41)/b35-18+. The van der Waals surface area contributed by atoms with E-state index in [4.69, 9.17) is 9.47 Å². The van der Waals surface area contributed by atoms with Crippen LogP contribution in [0.2, 0.25) is 0 Å². The topological polar surface area (TPSA) is 114 Å². The maximum absolute atomic E-state index is 13.0. The van der Waals surface area contributed by atoms with Gasteiger partial charge in [-0.3, -0.25) is 9.59 Å². The van der Waals surface area contributed by atoms with Gasteiger partial charge in [0.25, 0.3) is 11.8 Å². The van der Waals surface area contributed by atoms with Gasteiger partial charge in [0.05, 0.1) is 19.0 Å². The molecule has 9 nitrogen and oxygen atoms in total. The number of carbonyl (C=O) groups excluding carboxylic acids is 2. The Balaban J connectivity index is 1.12. The minimum atomic E-state index is -0.411. The summed E-state index contributed by atoms with van der Waals surface area (Å²) in [6.07, 6.45) is 1.47. The molecule has 1 aromatic heterocycles. The lowest BCUT2D eigenvalue weighted by molar-refractivity contribution is -0.118. The third-order valence-electron chi connectivity index (χ3n) is 6.30. The molecule has 5 aromatic rings. The number of nitrogens with zero attached hydrogens (tertiary/aromatic N) is 2. The van der Waals surface area contributed by atoms with Crippen LogP contribution in [0.15, 0.2) is 101 Å². The second-order valence-electron chi connectivity index (χ2n) is 9.56. The van der Waals surface area contributed by atoms with E-state index in [-0.39, 0.29) is 12.5 Å². The maximum Gasteiger partial charge on any atom is 0.271 e. The molecule has 1 heterocycles. The number of ether oxygens (including phenoxy) is 2. The average Bonchev–Trinajstić information content (AvgIpc) is 3.51. The van der Waals surface area contributed by atoms with Gasteiger partial charge in [-0.2, -0.15) is 5.10 Å². The highest BCUT2D eigenvalue weighted by molar-refractivity contribution is 7.14. The van der Waals surface area contributed by atoms with Gasteiger partial charge in [-0.25, -0.2) is 14.8 Å². The molecular formula is C33H28FN5O4S. The summed E-state index contributed by atoms with van der Waals surface area (Å²) >= 11 is 1.50. The molecule has 0 aliphatic heterocycles. The van der Waals surface area contributed by atoms with E-state index in [9.17, 15) is 14.0 Å². The molecule has 5 rings (SSSR count). The average molecular weight is 610 g/mol. The highest BCUT2D eigenvalue weighted by Crippen LogP contribution is 2.29. The summed E-state index contributed by atoms with van der Waals surface area (Å²) in [5.74, 6) is -0.445. The quantitative estimate of drug-likeness (QED) is 0.112. The third kappa shape index (κ3) is 8.05. The molecule has 3 N–H and O–H groups in total. The van der Waals surface area contributed by atoms with Crippen LogP contribution in [0.3, 0.4) is 0 Å². The molecule has 222 valence electrons. The van der Waals surface area contributed by atoms with Crippen molar-refractivity contribution >= 4 is 45.9 Å². The van der Waals surface area contributed by atoms with Gasteiger partial charge in [-0.05, 0) is 79.2 Å². The second-order valence-corrected chi connectivity index (χ2v) is 10.4. The normalized spacial score (nSPS) is 10.8. The first-order valence-electron chi connectivity index (χ1n) is 13.5. The summed E-state index contributed by atoms with van der Waals surface area (Å²) in [7, 11) is 1.47. The summed E-state index contributed by atoms with van der Waals surface area (Å²) in [6.45, 7) is 1.77. The Hall–Kier alpha value is -5.55. The van der Waals surface area contributed by atoms with Crippen LogP contribution in [0.1, 0.15) is 21.5 Å². The van der Waals surface area contributed by atoms with Gasteiger partial charge in [0, 0.05) is 27.9 Å². The van der Waals surface area contributed by atoms with Crippen molar-refractivity contribution < 1.29 is 23.5 Å². The number of aromatic nitrogens is 1. The van der Waals surface area contributed by atoms with E-state index in [1.807, 2.05) is 48.7 Å². The van der Waals surface area contributed by atoms with Crippen LogP contribution in [0, 0.1) is 12.7 Å². The monoisotopic (exact) mass is 609 g/mol. The Morgan fingerprint density at radius 3 is 2.39 bits per heavy atom. The molecule has 4 aromatic carbocycles. The number of hydrogen-bond acceptors (Lipinski definition) is 8. The zero-order valence-electron chi connectivity index (χ0n) is 23.8. The number of halogens is 1. The van der Waals surface area contributed by atoms with E-state index in [1.165, 1.54) is 54.5 Å². The van der Waals surface area contributed by atoms with Crippen molar-refractivity contribution in [2.24, 2.45) is 5.10 Å². The van der Waals surface area contributed by atoms with Crippen LogP contribution < -0.4 is 25.5 Å². The molecule has 0 aliphatic rings. The molecule has 11 heteroatoms. The van der Waals surface area contributed by atoms with Crippen LogP contribution in [-0.2, 0) is 4.79 Å². The van der Waals surface area contributed by atoms with Gasteiger partial charge in [-0.1, -0.05) is 29.8 Å². The van der Waals surface area contributed by atoms with E-state index in [1.54, 1.807) is 30.3 Å². The Bertz CT molecular complexity index is 1770. The Morgan fingerprint density at radius 1 is 0.932 bits per heavy atom. The second kappa shape index (κ2) is 14.1. The summed E-state index contributed by atoms with van der Waals surface area (Å²) in [6, 6.07) is 25.6. The first-order chi connectivity index (χ1) is 21.4. The molecule has 44 heavy (non-hydrogen) atoms. The van der Waals surface area contributed by atoms with Gasteiger partial charge >= 0.3 is 0 Å². The van der Waals surface area contributed by atoms with Crippen molar-refractivity contribution in [3.05, 3.63) is 119 Å². The minimum Gasteiger partial charge on any atom is -0.493 e. The Morgan fingerprint density at radius 2 is 1.66 bits per heavy atom. The van der Waals surface area contributed by atoms with Crippen molar-refractivity contribution in [3.8, 4) is 22.8 Å². The number of anilines is 3. The van der Waals surface area contributed by atoms with E-state index in [2.05, 4.69) is 26.1 Å². The Labute approximate surface area is 257 Å². The lowest BCUT2D eigenvalue weighted by Gasteiger charge is -2.11. The zero-order chi connectivity index (χ0) is 30.9. The lowest BCUT2D eigenvalue weighted by Crippen LogP contribution is -2.20. The fraction of sp³-hybridized carbons (Fsp3) is 0.0909. The van der Waals surface area contributed by atoms with Crippen molar-refractivity contribution in [1.29, 1.82) is 0 Å². The smallest absolute Gasteiger partial charge is 0.271 e. The number of amides is 2. The van der Waals surface area contributed by atoms with E-state index >= 15 is 0 Å². The summed E-state index contributed by atoms with van der Waals surface area (Å²) in [5, 5.41) is 12.7. The predicted octanol–water partition coefficient (Wildman–Crippen LogP) is 6.79. The molecule has 0 atom stereocenters. The molecule has 0 unspecified atom stereocenters. The van der Waals surface area contributed by atoms with Crippen LogP contribution in [0.5, 0.6) is 11.5 Å². The number of nitrogens with one attached hydrogen (secondary N) is 3. The van der Waals surface area contributed by atoms with Gasteiger partial charge < -0.3 is 20.1 Å². The predicted molar refractivity (Wildman–Crippen MR) is 171 cm³/mol. The molecule has 0 radical (unpaired) electrons. The van der Waals surface area contributed by atoms with Crippen molar-refractivity contribution in [2.45, 2.75) is 6.92 Å². The van der Waals surface area contributed by atoms with Gasteiger partial charge in [0.2, 0.25) is 0 Å². The van der Waals surface area contributed by atoms with Crippen molar-refractivity contribution in [3.63, 3.8) is 0 Å². The summed E-state index contributed by atoms with van der Waals surface area (Å²) < 4.78 is 24.0. The van der Waals surface area contributed by atoms with Crippen LogP contribution in [0.4, 0.5) is 20.9 Å². The van der Waals surface area contributed by atoms with Gasteiger partial charge in [0.15, 0.2) is 23.2 Å². The van der Waals surface area contributed by atoms with Crippen molar-refractivity contribution in [1.82, 2.24) is 10.4 Å². The highest BCUT2D eigenvalue weighted by Gasteiger charge is 2.11. The van der Waals surface area contributed by atoms with Crippen molar-refractivity contribution in [2.75, 3.05) is 24.4 Å². The first-order valence-corrected chi connectivity index (χ1v) is 14.3. The summed E-state index contributed by atoms with van der Waals surface area (Å²) in [5.41, 5.74) is 7.91. The number of aryl methyl sites for hydroxylation is 1.